The van der Waals surface area contributed by atoms with Crippen LogP contribution >= 0.6 is 0 Å². The number of rotatable bonds is 7. The fraction of sp³-hybridized carbons (Fsp3) is 0.364. The van der Waals surface area contributed by atoms with Gasteiger partial charge in [0.25, 0.3) is 5.69 Å². The Morgan fingerprint density at radius 3 is 2.58 bits per heavy atom. The standard InChI is InChI=1S/C11H13NO7/c1-17-6-10(11(13)14)19-9-5-7(12(15)16)3-4-8(9)18-2/h3-5,10H,6H2,1-2H3,(H,13,14). The molecule has 0 spiro atoms. The molecule has 0 bridgehead atoms. The molecule has 1 aromatic rings. The van der Waals surface area contributed by atoms with Gasteiger partial charge in [-0.05, 0) is 6.07 Å². The number of benzene rings is 1. The zero-order valence-electron chi connectivity index (χ0n) is 10.4. The summed E-state index contributed by atoms with van der Waals surface area (Å²) < 4.78 is 14.8. The molecule has 1 aromatic carbocycles. The highest BCUT2D eigenvalue weighted by Crippen LogP contribution is 2.31. The predicted molar refractivity (Wildman–Crippen MR) is 63.6 cm³/mol. The summed E-state index contributed by atoms with van der Waals surface area (Å²) >= 11 is 0. The van der Waals surface area contributed by atoms with Crippen LogP contribution in [0, 0.1) is 10.1 Å². The summed E-state index contributed by atoms with van der Waals surface area (Å²) in [6.45, 7) is -0.193. The topological polar surface area (TPSA) is 108 Å². The number of carbonyl (C=O) groups is 1. The number of nitro benzene ring substituents is 1. The Bertz CT molecular complexity index is 474. The Labute approximate surface area is 108 Å². The number of nitrogens with zero attached hydrogens (tertiary/aromatic N) is 1. The van der Waals surface area contributed by atoms with Gasteiger partial charge in [-0.3, -0.25) is 10.1 Å². The molecule has 0 amide bonds. The lowest BCUT2D eigenvalue weighted by molar-refractivity contribution is -0.385. The lowest BCUT2D eigenvalue weighted by atomic mass is 10.2. The molecule has 0 aliphatic heterocycles. The van der Waals surface area contributed by atoms with Crippen molar-refractivity contribution in [2.45, 2.75) is 6.10 Å². The maximum Gasteiger partial charge on any atom is 0.347 e. The van der Waals surface area contributed by atoms with Crippen molar-refractivity contribution in [1.82, 2.24) is 0 Å². The van der Waals surface area contributed by atoms with Gasteiger partial charge in [0.1, 0.15) is 0 Å². The van der Waals surface area contributed by atoms with Gasteiger partial charge in [0.05, 0.1) is 24.7 Å². The molecule has 1 atom stereocenters. The second-order valence-electron chi connectivity index (χ2n) is 3.49. The normalized spacial score (nSPS) is 11.7. The van der Waals surface area contributed by atoms with E-state index >= 15 is 0 Å². The van der Waals surface area contributed by atoms with E-state index in [9.17, 15) is 14.9 Å². The van der Waals surface area contributed by atoms with Crippen LogP contribution in [0.5, 0.6) is 11.5 Å². The van der Waals surface area contributed by atoms with Crippen LogP contribution in [0.3, 0.4) is 0 Å². The van der Waals surface area contributed by atoms with Crippen molar-refractivity contribution in [3.05, 3.63) is 28.3 Å². The average molecular weight is 271 g/mol. The molecule has 1 N–H and O–H groups in total. The third-order valence-electron chi connectivity index (χ3n) is 2.22. The molecule has 0 aliphatic rings. The second-order valence-corrected chi connectivity index (χ2v) is 3.49. The van der Waals surface area contributed by atoms with E-state index in [0.29, 0.717) is 0 Å². The summed E-state index contributed by atoms with van der Waals surface area (Å²) in [6, 6.07) is 3.67. The highest BCUT2D eigenvalue weighted by Gasteiger charge is 2.22. The molecule has 19 heavy (non-hydrogen) atoms. The van der Waals surface area contributed by atoms with E-state index < -0.39 is 17.0 Å². The molecule has 0 saturated heterocycles. The average Bonchev–Trinajstić information content (AvgIpc) is 2.37. The third kappa shape index (κ3) is 3.81. The smallest absolute Gasteiger partial charge is 0.347 e. The molecule has 1 rings (SSSR count). The number of aliphatic carboxylic acids is 1. The molecule has 8 nitrogen and oxygen atoms in total. The number of carboxylic acid groups (broad SMARTS) is 1. The van der Waals surface area contributed by atoms with E-state index in [4.69, 9.17) is 19.3 Å². The molecule has 0 radical (unpaired) electrons. The van der Waals surface area contributed by atoms with Crippen LogP contribution in [-0.2, 0) is 9.53 Å². The summed E-state index contributed by atoms with van der Waals surface area (Å²) in [6.07, 6.45) is -1.28. The van der Waals surface area contributed by atoms with Gasteiger partial charge in [-0.1, -0.05) is 0 Å². The number of carboxylic acids is 1. The van der Waals surface area contributed by atoms with Gasteiger partial charge < -0.3 is 19.3 Å². The first-order valence-corrected chi connectivity index (χ1v) is 5.20. The molecule has 0 aliphatic carbocycles. The number of hydrogen-bond acceptors (Lipinski definition) is 6. The van der Waals surface area contributed by atoms with Crippen molar-refractivity contribution in [3.63, 3.8) is 0 Å². The van der Waals surface area contributed by atoms with Crippen LogP contribution in [0.1, 0.15) is 0 Å². The predicted octanol–water partition coefficient (Wildman–Crippen LogP) is 1.08. The first-order valence-electron chi connectivity index (χ1n) is 5.20. The fourth-order valence-corrected chi connectivity index (χ4v) is 1.33. The number of hydrogen-bond donors (Lipinski definition) is 1. The van der Waals surface area contributed by atoms with Gasteiger partial charge in [0.2, 0.25) is 6.10 Å². The molecule has 0 saturated carbocycles. The molecule has 104 valence electrons. The van der Waals surface area contributed by atoms with E-state index in [1.807, 2.05) is 0 Å². The Morgan fingerprint density at radius 2 is 2.11 bits per heavy atom. The Kier molecular flexibility index (Phi) is 5.07. The van der Waals surface area contributed by atoms with Gasteiger partial charge in [0.15, 0.2) is 11.5 Å². The summed E-state index contributed by atoms with van der Waals surface area (Å²) in [4.78, 5) is 21.0. The van der Waals surface area contributed by atoms with E-state index in [2.05, 4.69) is 0 Å². The SMILES string of the molecule is COCC(Oc1cc([N+](=O)[O-])ccc1OC)C(=O)O. The summed E-state index contributed by atoms with van der Waals surface area (Å²) in [7, 11) is 2.67. The zero-order valence-corrected chi connectivity index (χ0v) is 10.4. The van der Waals surface area contributed by atoms with Crippen molar-refractivity contribution in [2.24, 2.45) is 0 Å². The third-order valence-corrected chi connectivity index (χ3v) is 2.22. The monoisotopic (exact) mass is 271 g/mol. The lowest BCUT2D eigenvalue weighted by Gasteiger charge is -2.16. The molecule has 0 aromatic heterocycles. The summed E-state index contributed by atoms with van der Waals surface area (Å²) in [5, 5.41) is 19.6. The number of methoxy groups -OCH3 is 2. The van der Waals surface area contributed by atoms with Crippen LogP contribution in [0.15, 0.2) is 18.2 Å². The van der Waals surface area contributed by atoms with Crippen LogP contribution in [0.2, 0.25) is 0 Å². The van der Waals surface area contributed by atoms with Crippen molar-refractivity contribution < 1.29 is 29.0 Å². The zero-order chi connectivity index (χ0) is 14.4. The highest BCUT2D eigenvalue weighted by atomic mass is 16.6. The van der Waals surface area contributed by atoms with Gasteiger partial charge >= 0.3 is 5.97 Å². The van der Waals surface area contributed by atoms with Crippen molar-refractivity contribution in [2.75, 3.05) is 20.8 Å². The molecular formula is C11H13NO7. The molecular weight excluding hydrogens is 258 g/mol. The van der Waals surface area contributed by atoms with Crippen molar-refractivity contribution in [1.29, 1.82) is 0 Å². The largest absolute Gasteiger partial charge is 0.493 e. The summed E-state index contributed by atoms with van der Waals surface area (Å²) in [5.74, 6) is -1.07. The maximum absolute atomic E-state index is 10.9. The van der Waals surface area contributed by atoms with Crippen LogP contribution in [-0.4, -0.2) is 42.9 Å². The number of nitro groups is 1. The van der Waals surface area contributed by atoms with Crippen LogP contribution in [0.4, 0.5) is 5.69 Å². The highest BCUT2D eigenvalue weighted by molar-refractivity contribution is 5.73. The van der Waals surface area contributed by atoms with E-state index in [1.54, 1.807) is 0 Å². The van der Waals surface area contributed by atoms with Gasteiger partial charge in [-0.15, -0.1) is 0 Å². The fourth-order valence-electron chi connectivity index (χ4n) is 1.33. The Balaban J connectivity index is 3.05. The van der Waals surface area contributed by atoms with Crippen LogP contribution < -0.4 is 9.47 Å². The van der Waals surface area contributed by atoms with Gasteiger partial charge in [0, 0.05) is 13.2 Å². The number of ether oxygens (including phenoxy) is 3. The molecule has 8 heteroatoms. The van der Waals surface area contributed by atoms with Crippen LogP contribution in [0.25, 0.3) is 0 Å². The van der Waals surface area contributed by atoms with E-state index in [1.165, 1.54) is 26.4 Å². The second kappa shape index (κ2) is 6.55. The molecule has 0 fully saturated rings. The van der Waals surface area contributed by atoms with Gasteiger partial charge in [-0.2, -0.15) is 0 Å². The van der Waals surface area contributed by atoms with Crippen molar-refractivity contribution in [3.8, 4) is 11.5 Å². The summed E-state index contributed by atoms with van der Waals surface area (Å²) in [5.41, 5.74) is -0.225. The molecule has 0 heterocycles. The van der Waals surface area contributed by atoms with E-state index in [0.717, 1.165) is 6.07 Å². The lowest BCUT2D eigenvalue weighted by Crippen LogP contribution is -2.31. The first kappa shape index (κ1) is 14.7. The maximum atomic E-state index is 10.9. The minimum absolute atomic E-state index is 0.0267. The number of non-ortho nitro benzene ring substituents is 1. The Hall–Kier alpha value is -2.35. The van der Waals surface area contributed by atoms with E-state index in [-0.39, 0.29) is 23.8 Å². The van der Waals surface area contributed by atoms with Gasteiger partial charge in [-0.25, -0.2) is 4.79 Å². The first-order chi connectivity index (χ1) is 8.99. The quantitative estimate of drug-likeness (QED) is 0.583. The minimum atomic E-state index is -1.28. The minimum Gasteiger partial charge on any atom is -0.493 e. The Morgan fingerprint density at radius 1 is 1.42 bits per heavy atom. The van der Waals surface area contributed by atoms with Crippen molar-refractivity contribution >= 4 is 11.7 Å². The molecule has 1 unspecified atom stereocenters.